The summed E-state index contributed by atoms with van der Waals surface area (Å²) < 4.78 is 2.80. The van der Waals surface area contributed by atoms with Gasteiger partial charge in [0.2, 0.25) is 0 Å². The Morgan fingerprint density at radius 2 is 1.71 bits per heavy atom. The van der Waals surface area contributed by atoms with Crippen molar-refractivity contribution >= 4 is 28.6 Å². The van der Waals surface area contributed by atoms with Gasteiger partial charge in [-0.25, -0.2) is 13.8 Å². The molecule has 5 nitrogen and oxygen atoms in total. The second-order valence-electron chi connectivity index (χ2n) is 4.73. The van der Waals surface area contributed by atoms with E-state index in [1.54, 1.807) is 42.5 Å². The van der Waals surface area contributed by atoms with Crippen molar-refractivity contribution in [2.24, 2.45) is 0 Å². The minimum Gasteiger partial charge on any atom is -0.330 e. The molecule has 0 amide bonds. The largest absolute Gasteiger partial charge is 0.342 e. The van der Waals surface area contributed by atoms with Crippen molar-refractivity contribution in [3.63, 3.8) is 0 Å². The molecule has 1 N–H and O–H groups in total. The van der Waals surface area contributed by atoms with Crippen LogP contribution in [-0.4, -0.2) is 14.0 Å². The number of para-hydroxylation sites is 2. The zero-order valence-corrected chi connectivity index (χ0v) is 11.6. The van der Waals surface area contributed by atoms with E-state index in [1.165, 1.54) is 4.40 Å². The maximum absolute atomic E-state index is 12.7. The van der Waals surface area contributed by atoms with Crippen LogP contribution in [0, 0.1) is 4.77 Å². The van der Waals surface area contributed by atoms with Gasteiger partial charge in [-0.1, -0.05) is 24.3 Å². The molecular weight excluding hydrogens is 286 g/mol. The maximum Gasteiger partial charge on any atom is 0.342 e. The number of nitrogens with zero attached hydrogens (tertiary/aromatic N) is 2. The minimum atomic E-state index is -0.457. The van der Waals surface area contributed by atoms with Gasteiger partial charge < -0.3 is 4.98 Å². The van der Waals surface area contributed by atoms with E-state index in [0.717, 1.165) is 4.57 Å². The molecule has 0 saturated heterocycles. The lowest BCUT2D eigenvalue weighted by Gasteiger charge is -2.07. The summed E-state index contributed by atoms with van der Waals surface area (Å²) in [6, 6.07) is 14.1. The average Bonchev–Trinajstić information content (AvgIpc) is 2.83. The van der Waals surface area contributed by atoms with E-state index >= 15 is 0 Å². The van der Waals surface area contributed by atoms with Gasteiger partial charge >= 0.3 is 5.69 Å². The quantitative estimate of drug-likeness (QED) is 0.547. The smallest absolute Gasteiger partial charge is 0.330 e. The molecule has 0 aliphatic carbocycles. The fourth-order valence-electron chi connectivity index (χ4n) is 2.63. The highest BCUT2D eigenvalue weighted by Crippen LogP contribution is 2.16. The second-order valence-corrected chi connectivity index (χ2v) is 5.11. The van der Waals surface area contributed by atoms with E-state index < -0.39 is 5.69 Å². The summed E-state index contributed by atoms with van der Waals surface area (Å²) in [6.07, 6.45) is 0. The lowest BCUT2D eigenvalue weighted by atomic mass is 10.2. The Balaban J connectivity index is 2.35. The number of H-pyrrole nitrogens is 1. The van der Waals surface area contributed by atoms with Gasteiger partial charge in [-0.15, -0.1) is 0 Å². The van der Waals surface area contributed by atoms with Crippen LogP contribution >= 0.6 is 12.2 Å². The first kappa shape index (κ1) is 12.0. The van der Waals surface area contributed by atoms with Crippen LogP contribution in [0.15, 0.2) is 58.1 Å². The van der Waals surface area contributed by atoms with Gasteiger partial charge in [0.1, 0.15) is 0 Å². The Morgan fingerprint density at radius 3 is 2.48 bits per heavy atom. The van der Waals surface area contributed by atoms with Crippen LogP contribution in [0.3, 0.4) is 0 Å². The molecule has 0 atom stereocenters. The fraction of sp³-hybridized carbons (Fsp3) is 0. The Labute approximate surface area is 123 Å². The first-order valence-electron chi connectivity index (χ1n) is 6.36. The van der Waals surface area contributed by atoms with Gasteiger partial charge in [-0.3, -0.25) is 4.79 Å². The molecule has 0 radical (unpaired) electrons. The lowest BCUT2D eigenvalue weighted by molar-refractivity contribution is 0.850. The molecule has 0 aliphatic rings. The van der Waals surface area contributed by atoms with Crippen LogP contribution in [0.4, 0.5) is 0 Å². The first-order valence-corrected chi connectivity index (χ1v) is 6.77. The van der Waals surface area contributed by atoms with Gasteiger partial charge in [-0.05, 0) is 36.5 Å². The van der Waals surface area contributed by atoms with E-state index in [2.05, 4.69) is 4.98 Å². The monoisotopic (exact) mass is 295 g/mol. The van der Waals surface area contributed by atoms with Gasteiger partial charge in [0.05, 0.1) is 22.1 Å². The molecule has 0 spiro atoms. The summed E-state index contributed by atoms with van der Waals surface area (Å²) in [4.78, 5) is 28.3. The predicted molar refractivity (Wildman–Crippen MR) is 83.1 cm³/mol. The topological polar surface area (TPSA) is 59.3 Å². The Bertz CT molecular complexity index is 1140. The van der Waals surface area contributed by atoms with E-state index in [4.69, 9.17) is 12.2 Å². The van der Waals surface area contributed by atoms with Crippen LogP contribution in [0.25, 0.3) is 22.1 Å². The number of aromatic amines is 1. The van der Waals surface area contributed by atoms with E-state index in [9.17, 15) is 9.59 Å². The van der Waals surface area contributed by atoms with Crippen LogP contribution in [0.1, 0.15) is 0 Å². The third kappa shape index (κ3) is 1.53. The molecule has 4 aromatic rings. The molecule has 0 fully saturated rings. The third-order valence-electron chi connectivity index (χ3n) is 3.53. The first-order chi connectivity index (χ1) is 10.2. The Hall–Kier alpha value is -2.73. The standard InChI is InChI=1S/C15H9N3O2S/c19-13-10-7-4-8-11-12(10)18(14(21)16-11)15(20)17(13)9-5-2-1-3-6-9/h1-8H,(H,16,21). The van der Waals surface area contributed by atoms with Gasteiger partial charge in [0.25, 0.3) is 5.56 Å². The zero-order chi connectivity index (χ0) is 14.6. The predicted octanol–water partition coefficient (Wildman–Crippen LogP) is 2.10. The fourth-order valence-corrected chi connectivity index (χ4v) is 2.90. The lowest BCUT2D eigenvalue weighted by Crippen LogP contribution is -2.36. The van der Waals surface area contributed by atoms with Crippen molar-refractivity contribution in [2.45, 2.75) is 0 Å². The minimum absolute atomic E-state index is 0.288. The number of hydrogen-bond donors (Lipinski definition) is 1. The molecule has 6 heteroatoms. The van der Waals surface area contributed by atoms with Crippen molar-refractivity contribution in [1.29, 1.82) is 0 Å². The number of rotatable bonds is 1. The van der Waals surface area contributed by atoms with Crippen molar-refractivity contribution in [3.8, 4) is 5.69 Å². The highest BCUT2D eigenvalue weighted by atomic mass is 32.1. The molecule has 2 aromatic heterocycles. The molecule has 2 heterocycles. The number of benzene rings is 2. The zero-order valence-electron chi connectivity index (χ0n) is 10.7. The number of imidazole rings is 1. The second kappa shape index (κ2) is 4.13. The molecule has 0 bridgehead atoms. The molecular formula is C15H9N3O2S. The number of hydrogen-bond acceptors (Lipinski definition) is 3. The number of nitrogens with one attached hydrogen (secondary N) is 1. The van der Waals surface area contributed by atoms with Crippen LogP contribution in [0.5, 0.6) is 0 Å². The molecule has 2 aromatic carbocycles. The van der Waals surface area contributed by atoms with Gasteiger partial charge in [0, 0.05) is 0 Å². The summed E-state index contributed by atoms with van der Waals surface area (Å²) >= 11 is 5.21. The summed E-state index contributed by atoms with van der Waals surface area (Å²) in [7, 11) is 0. The highest BCUT2D eigenvalue weighted by molar-refractivity contribution is 7.71. The summed E-state index contributed by atoms with van der Waals surface area (Å²) in [5.41, 5.74) is 0.960. The van der Waals surface area contributed by atoms with Gasteiger partial charge in [-0.2, -0.15) is 0 Å². The summed E-state index contributed by atoms with van der Waals surface area (Å²) in [6.45, 7) is 0. The molecule has 21 heavy (non-hydrogen) atoms. The normalized spacial score (nSPS) is 11.4. The van der Waals surface area contributed by atoms with Gasteiger partial charge in [0.15, 0.2) is 4.77 Å². The maximum atomic E-state index is 12.7. The summed E-state index contributed by atoms with van der Waals surface area (Å²) in [5.74, 6) is 0. The van der Waals surface area contributed by atoms with Crippen LogP contribution in [-0.2, 0) is 0 Å². The Kier molecular flexibility index (Phi) is 2.37. The summed E-state index contributed by atoms with van der Waals surface area (Å²) in [5, 5.41) is 0.461. The number of aromatic nitrogens is 3. The van der Waals surface area contributed by atoms with E-state index in [0.29, 0.717) is 22.1 Å². The van der Waals surface area contributed by atoms with E-state index in [1.807, 2.05) is 6.07 Å². The molecule has 4 rings (SSSR count). The average molecular weight is 295 g/mol. The third-order valence-corrected chi connectivity index (χ3v) is 3.82. The SMILES string of the molecule is O=c1c2cccc3[nH]c(=S)n(c(=O)n1-c1ccccc1)c32. The molecule has 0 saturated carbocycles. The molecule has 0 unspecified atom stereocenters. The molecule has 102 valence electrons. The van der Waals surface area contributed by atoms with Crippen molar-refractivity contribution in [3.05, 3.63) is 74.1 Å². The highest BCUT2D eigenvalue weighted by Gasteiger charge is 2.16. The van der Waals surface area contributed by atoms with Crippen molar-refractivity contribution < 1.29 is 0 Å². The Morgan fingerprint density at radius 1 is 0.952 bits per heavy atom. The van der Waals surface area contributed by atoms with Crippen LogP contribution in [0.2, 0.25) is 0 Å². The van der Waals surface area contributed by atoms with Crippen molar-refractivity contribution in [1.82, 2.24) is 14.0 Å². The van der Waals surface area contributed by atoms with E-state index in [-0.39, 0.29) is 10.3 Å². The molecule has 0 aliphatic heterocycles. The van der Waals surface area contributed by atoms with Crippen LogP contribution < -0.4 is 11.2 Å². The van der Waals surface area contributed by atoms with Crippen molar-refractivity contribution in [2.75, 3.05) is 0 Å².